The molecule has 1 nitrogen and oxygen atoms in total. The Hall–Kier alpha value is -0.640. The van der Waals surface area contributed by atoms with Crippen LogP contribution in [-0.2, 0) is 0 Å². The van der Waals surface area contributed by atoms with Crippen LogP contribution in [0.15, 0.2) is 22.7 Å². The fourth-order valence-electron chi connectivity index (χ4n) is 0.737. The summed E-state index contributed by atoms with van der Waals surface area (Å²) < 4.78 is 24.5. The quantitative estimate of drug-likeness (QED) is 0.726. The fraction of sp³-hybridized carbons (Fsp3) is 0.143. The van der Waals surface area contributed by atoms with Gasteiger partial charge in [-0.1, -0.05) is 12.1 Å². The Labute approximate surface area is 71.3 Å². The SMILES string of the molecule is Nc1cccc(C(F)F)c1Br. The fourth-order valence-corrected chi connectivity index (χ4v) is 1.17. The van der Waals surface area contributed by atoms with Gasteiger partial charge in [-0.05, 0) is 22.0 Å². The van der Waals surface area contributed by atoms with Crippen molar-refractivity contribution in [3.8, 4) is 0 Å². The highest BCUT2D eigenvalue weighted by Gasteiger charge is 2.11. The van der Waals surface area contributed by atoms with E-state index in [9.17, 15) is 8.78 Å². The summed E-state index contributed by atoms with van der Waals surface area (Å²) in [5, 5.41) is 0. The monoisotopic (exact) mass is 221 g/mol. The molecular weight excluding hydrogens is 216 g/mol. The van der Waals surface area contributed by atoms with Gasteiger partial charge in [0.1, 0.15) is 0 Å². The minimum atomic E-state index is -2.48. The van der Waals surface area contributed by atoms with Crippen LogP contribution in [0.25, 0.3) is 0 Å². The van der Waals surface area contributed by atoms with Gasteiger partial charge < -0.3 is 5.73 Å². The van der Waals surface area contributed by atoms with Crippen molar-refractivity contribution in [2.24, 2.45) is 0 Å². The lowest BCUT2D eigenvalue weighted by Crippen LogP contribution is -1.91. The van der Waals surface area contributed by atoms with E-state index >= 15 is 0 Å². The molecule has 1 rings (SSSR count). The van der Waals surface area contributed by atoms with Gasteiger partial charge in [0.25, 0.3) is 6.43 Å². The van der Waals surface area contributed by atoms with E-state index in [1.165, 1.54) is 12.1 Å². The average molecular weight is 222 g/mol. The molecule has 0 bridgehead atoms. The van der Waals surface area contributed by atoms with E-state index in [2.05, 4.69) is 15.9 Å². The summed E-state index contributed by atoms with van der Waals surface area (Å²) in [7, 11) is 0. The molecule has 0 saturated heterocycles. The van der Waals surface area contributed by atoms with Gasteiger partial charge in [0.2, 0.25) is 0 Å². The largest absolute Gasteiger partial charge is 0.398 e. The molecule has 0 radical (unpaired) electrons. The number of benzene rings is 1. The summed E-state index contributed by atoms with van der Waals surface area (Å²) in [6.07, 6.45) is -2.48. The maximum Gasteiger partial charge on any atom is 0.265 e. The van der Waals surface area contributed by atoms with E-state index in [0.29, 0.717) is 5.69 Å². The van der Waals surface area contributed by atoms with Gasteiger partial charge in [-0.3, -0.25) is 0 Å². The number of alkyl halides is 2. The number of hydrogen-bond acceptors (Lipinski definition) is 1. The zero-order valence-corrected chi connectivity index (χ0v) is 7.11. The molecule has 0 unspecified atom stereocenters. The van der Waals surface area contributed by atoms with Crippen LogP contribution in [0.3, 0.4) is 0 Å². The topological polar surface area (TPSA) is 26.0 Å². The molecule has 0 atom stereocenters. The molecule has 4 heteroatoms. The van der Waals surface area contributed by atoms with E-state index in [0.717, 1.165) is 0 Å². The minimum Gasteiger partial charge on any atom is -0.398 e. The standard InChI is InChI=1S/C7H6BrF2N/c8-6-4(7(9)10)2-1-3-5(6)11/h1-3,7H,11H2. The molecule has 0 saturated carbocycles. The lowest BCUT2D eigenvalue weighted by Gasteiger charge is -2.04. The highest BCUT2D eigenvalue weighted by Crippen LogP contribution is 2.30. The van der Waals surface area contributed by atoms with Crippen molar-refractivity contribution in [3.63, 3.8) is 0 Å². The number of rotatable bonds is 1. The second-order valence-electron chi connectivity index (χ2n) is 2.05. The number of halogens is 3. The Kier molecular flexibility index (Phi) is 2.44. The first kappa shape index (κ1) is 8.46. The van der Waals surface area contributed by atoms with Crippen molar-refractivity contribution in [2.45, 2.75) is 6.43 Å². The molecule has 1 aromatic carbocycles. The highest BCUT2D eigenvalue weighted by molar-refractivity contribution is 9.10. The van der Waals surface area contributed by atoms with Crippen LogP contribution in [0.4, 0.5) is 14.5 Å². The first-order chi connectivity index (χ1) is 5.13. The van der Waals surface area contributed by atoms with E-state index in [1.807, 2.05) is 0 Å². The van der Waals surface area contributed by atoms with Crippen LogP contribution in [0.5, 0.6) is 0 Å². The maximum atomic E-state index is 12.1. The number of nitrogens with two attached hydrogens (primary N) is 1. The Morgan fingerprint density at radius 1 is 1.36 bits per heavy atom. The van der Waals surface area contributed by atoms with Crippen LogP contribution in [0.1, 0.15) is 12.0 Å². The van der Waals surface area contributed by atoms with Crippen molar-refractivity contribution in [3.05, 3.63) is 28.2 Å². The van der Waals surface area contributed by atoms with Crippen LogP contribution in [0.2, 0.25) is 0 Å². The van der Waals surface area contributed by atoms with Crippen molar-refractivity contribution < 1.29 is 8.78 Å². The smallest absolute Gasteiger partial charge is 0.265 e. The molecule has 2 N–H and O–H groups in total. The van der Waals surface area contributed by atoms with Gasteiger partial charge >= 0.3 is 0 Å². The summed E-state index contributed by atoms with van der Waals surface area (Å²) in [5.74, 6) is 0. The van der Waals surface area contributed by atoms with Crippen LogP contribution < -0.4 is 5.73 Å². The molecule has 0 aromatic heterocycles. The third kappa shape index (κ3) is 1.68. The minimum absolute atomic E-state index is 0.0648. The molecule has 0 amide bonds. The van der Waals surface area contributed by atoms with Crippen molar-refractivity contribution in [1.82, 2.24) is 0 Å². The molecule has 1 aromatic rings. The lowest BCUT2D eigenvalue weighted by atomic mass is 10.2. The molecular formula is C7H6BrF2N. The Morgan fingerprint density at radius 2 is 2.00 bits per heavy atom. The summed E-state index contributed by atoms with van der Waals surface area (Å²) in [6, 6.07) is 4.41. The van der Waals surface area contributed by atoms with Gasteiger partial charge in [0.15, 0.2) is 0 Å². The van der Waals surface area contributed by atoms with E-state index < -0.39 is 6.43 Å². The van der Waals surface area contributed by atoms with E-state index in [4.69, 9.17) is 5.73 Å². The van der Waals surface area contributed by atoms with Gasteiger partial charge in [-0.25, -0.2) is 8.78 Å². The average Bonchev–Trinajstić information content (AvgIpc) is 1.94. The Morgan fingerprint density at radius 3 is 2.45 bits per heavy atom. The summed E-state index contributed by atoms with van der Waals surface area (Å²) >= 11 is 2.98. The maximum absolute atomic E-state index is 12.1. The highest BCUT2D eigenvalue weighted by atomic mass is 79.9. The molecule has 0 aliphatic carbocycles. The molecule has 0 fully saturated rings. The van der Waals surface area contributed by atoms with Gasteiger partial charge in [-0.2, -0.15) is 0 Å². The number of anilines is 1. The van der Waals surface area contributed by atoms with E-state index in [1.54, 1.807) is 6.07 Å². The molecule has 11 heavy (non-hydrogen) atoms. The molecule has 0 spiro atoms. The van der Waals surface area contributed by atoms with Crippen molar-refractivity contribution >= 4 is 21.6 Å². The lowest BCUT2D eigenvalue weighted by molar-refractivity contribution is 0.150. The second-order valence-corrected chi connectivity index (χ2v) is 2.84. The molecule has 60 valence electrons. The summed E-state index contributed by atoms with van der Waals surface area (Å²) in [5.41, 5.74) is 5.65. The molecule has 0 aliphatic heterocycles. The number of hydrogen-bond donors (Lipinski definition) is 1. The third-order valence-corrected chi connectivity index (χ3v) is 2.21. The zero-order valence-electron chi connectivity index (χ0n) is 5.52. The van der Waals surface area contributed by atoms with Gasteiger partial charge in [0.05, 0.1) is 0 Å². The predicted octanol–water partition coefficient (Wildman–Crippen LogP) is 2.97. The van der Waals surface area contributed by atoms with Crippen molar-refractivity contribution in [2.75, 3.05) is 5.73 Å². The second kappa shape index (κ2) is 3.17. The summed E-state index contributed by atoms with van der Waals surface area (Å²) in [6.45, 7) is 0. The Balaban J connectivity index is 3.17. The van der Waals surface area contributed by atoms with Gasteiger partial charge in [-0.15, -0.1) is 0 Å². The van der Waals surface area contributed by atoms with Crippen LogP contribution in [-0.4, -0.2) is 0 Å². The van der Waals surface area contributed by atoms with Crippen molar-refractivity contribution in [1.29, 1.82) is 0 Å². The normalized spacial score (nSPS) is 10.5. The first-order valence-corrected chi connectivity index (χ1v) is 3.74. The van der Waals surface area contributed by atoms with Gasteiger partial charge in [0, 0.05) is 15.7 Å². The Bertz CT molecular complexity index is 263. The molecule has 0 heterocycles. The van der Waals surface area contributed by atoms with Crippen LogP contribution >= 0.6 is 15.9 Å². The number of nitrogen functional groups attached to an aromatic ring is 1. The zero-order chi connectivity index (χ0) is 8.43. The first-order valence-electron chi connectivity index (χ1n) is 2.95. The van der Waals surface area contributed by atoms with E-state index in [-0.39, 0.29) is 10.0 Å². The predicted molar refractivity (Wildman–Crippen MR) is 43.5 cm³/mol. The van der Waals surface area contributed by atoms with Crippen LogP contribution in [0, 0.1) is 0 Å². The summed E-state index contributed by atoms with van der Waals surface area (Å²) in [4.78, 5) is 0. The third-order valence-electron chi connectivity index (χ3n) is 1.29. The molecule has 0 aliphatic rings.